The van der Waals surface area contributed by atoms with E-state index in [0.29, 0.717) is 32.5 Å². The number of amides is 3. The Balaban J connectivity index is 1.37. The van der Waals surface area contributed by atoms with E-state index < -0.39 is 17.2 Å². The molecule has 3 fully saturated rings. The third kappa shape index (κ3) is 3.45. The van der Waals surface area contributed by atoms with Gasteiger partial charge in [0.25, 0.3) is 5.91 Å². The second-order valence-corrected chi connectivity index (χ2v) is 8.00. The lowest BCUT2D eigenvalue weighted by Crippen LogP contribution is -2.50. The largest absolute Gasteiger partial charge is 0.325 e. The SMILES string of the molecule is O=C1NC2(CCCCC2)C(=O)N1C1CCN(Cc2ccc(F)c(F)c2)CC1. The number of likely N-dealkylation sites (tertiary alicyclic amines) is 1. The molecule has 7 heteroatoms. The van der Waals surface area contributed by atoms with E-state index >= 15 is 0 Å². The minimum atomic E-state index is -0.840. The Morgan fingerprint density at radius 2 is 1.74 bits per heavy atom. The first-order valence-corrected chi connectivity index (χ1v) is 9.81. The Hall–Kier alpha value is -2.02. The normalized spacial score (nSPS) is 23.9. The van der Waals surface area contributed by atoms with E-state index in [4.69, 9.17) is 0 Å². The maximum absolute atomic E-state index is 13.4. The van der Waals surface area contributed by atoms with Gasteiger partial charge in [-0.1, -0.05) is 25.3 Å². The Morgan fingerprint density at radius 1 is 1.04 bits per heavy atom. The monoisotopic (exact) mass is 377 g/mol. The number of carbonyl (C=O) groups is 2. The van der Waals surface area contributed by atoms with E-state index in [1.54, 1.807) is 6.07 Å². The minimum Gasteiger partial charge on any atom is -0.323 e. The molecule has 1 aliphatic carbocycles. The van der Waals surface area contributed by atoms with E-state index in [1.807, 2.05) is 0 Å². The number of hydrogen-bond donors (Lipinski definition) is 1. The predicted molar refractivity (Wildman–Crippen MR) is 95.9 cm³/mol. The van der Waals surface area contributed by atoms with Crippen LogP contribution in [0.25, 0.3) is 0 Å². The van der Waals surface area contributed by atoms with Gasteiger partial charge in [0.15, 0.2) is 11.6 Å². The summed E-state index contributed by atoms with van der Waals surface area (Å²) in [4.78, 5) is 29.1. The van der Waals surface area contributed by atoms with Crippen molar-refractivity contribution in [3.8, 4) is 0 Å². The number of piperidine rings is 1. The molecule has 146 valence electrons. The molecule has 0 aromatic heterocycles. The van der Waals surface area contributed by atoms with Crippen LogP contribution in [0.2, 0.25) is 0 Å². The van der Waals surface area contributed by atoms with E-state index in [2.05, 4.69) is 10.2 Å². The summed E-state index contributed by atoms with van der Waals surface area (Å²) < 4.78 is 26.4. The van der Waals surface area contributed by atoms with Gasteiger partial charge in [-0.3, -0.25) is 14.6 Å². The highest BCUT2D eigenvalue weighted by Gasteiger charge is 2.53. The van der Waals surface area contributed by atoms with Crippen molar-refractivity contribution in [2.24, 2.45) is 0 Å². The van der Waals surface area contributed by atoms with Crippen LogP contribution in [0.15, 0.2) is 18.2 Å². The molecule has 1 aromatic carbocycles. The molecular formula is C20H25F2N3O2. The van der Waals surface area contributed by atoms with Crippen LogP contribution in [0.3, 0.4) is 0 Å². The molecule has 2 saturated heterocycles. The van der Waals surface area contributed by atoms with Crippen molar-refractivity contribution in [2.45, 2.75) is 63.1 Å². The van der Waals surface area contributed by atoms with E-state index in [9.17, 15) is 18.4 Å². The highest BCUT2D eigenvalue weighted by molar-refractivity contribution is 6.07. The summed E-state index contributed by atoms with van der Waals surface area (Å²) in [5.41, 5.74) is 0.0569. The van der Waals surface area contributed by atoms with Crippen molar-refractivity contribution in [2.75, 3.05) is 13.1 Å². The van der Waals surface area contributed by atoms with Gasteiger partial charge in [0.1, 0.15) is 5.54 Å². The number of rotatable bonds is 3. The number of benzene rings is 1. The first kappa shape index (κ1) is 18.3. The van der Waals surface area contributed by atoms with Gasteiger partial charge in [-0.05, 0) is 43.4 Å². The molecule has 5 nitrogen and oxygen atoms in total. The van der Waals surface area contributed by atoms with E-state index in [0.717, 1.165) is 43.7 Å². The Morgan fingerprint density at radius 3 is 2.41 bits per heavy atom. The fourth-order valence-electron chi connectivity index (χ4n) is 4.70. The van der Waals surface area contributed by atoms with Crippen LogP contribution >= 0.6 is 0 Å². The summed E-state index contributed by atoms with van der Waals surface area (Å²) in [6.45, 7) is 1.97. The number of halogens is 2. The van der Waals surface area contributed by atoms with Crippen LogP contribution in [0.5, 0.6) is 0 Å². The Bertz CT molecular complexity index is 741. The molecule has 1 N–H and O–H groups in total. The number of imide groups is 1. The third-order valence-corrected chi connectivity index (χ3v) is 6.21. The molecule has 0 unspecified atom stereocenters. The van der Waals surface area contributed by atoms with Crippen LogP contribution in [0.4, 0.5) is 13.6 Å². The van der Waals surface area contributed by atoms with Gasteiger partial charge in [0.2, 0.25) is 0 Å². The molecule has 3 amide bonds. The molecule has 0 atom stereocenters. The summed E-state index contributed by atoms with van der Waals surface area (Å²) >= 11 is 0. The molecule has 4 rings (SSSR count). The Labute approximate surface area is 157 Å². The number of hydrogen-bond acceptors (Lipinski definition) is 3. The maximum Gasteiger partial charge on any atom is 0.325 e. The van der Waals surface area contributed by atoms with Crippen molar-refractivity contribution in [1.82, 2.24) is 15.1 Å². The van der Waals surface area contributed by atoms with Crippen molar-refractivity contribution >= 4 is 11.9 Å². The third-order valence-electron chi connectivity index (χ3n) is 6.21. The van der Waals surface area contributed by atoms with Crippen LogP contribution in [-0.2, 0) is 11.3 Å². The summed E-state index contributed by atoms with van der Waals surface area (Å²) in [6, 6.07) is 3.63. The van der Waals surface area contributed by atoms with Crippen LogP contribution < -0.4 is 5.32 Å². The predicted octanol–water partition coefficient (Wildman–Crippen LogP) is 3.18. The van der Waals surface area contributed by atoms with Gasteiger partial charge in [-0.2, -0.15) is 0 Å². The van der Waals surface area contributed by atoms with Crippen LogP contribution in [-0.4, -0.2) is 46.4 Å². The lowest BCUT2D eigenvalue weighted by atomic mass is 9.81. The average molecular weight is 377 g/mol. The summed E-state index contributed by atoms with van der Waals surface area (Å²) in [7, 11) is 0. The second kappa shape index (κ2) is 7.19. The van der Waals surface area contributed by atoms with Gasteiger partial charge in [0.05, 0.1) is 0 Å². The van der Waals surface area contributed by atoms with Gasteiger partial charge in [-0.25, -0.2) is 13.6 Å². The number of nitrogens with zero attached hydrogens (tertiary/aromatic N) is 2. The zero-order chi connectivity index (χ0) is 19.0. The smallest absolute Gasteiger partial charge is 0.323 e. The molecule has 2 aliphatic heterocycles. The minimum absolute atomic E-state index is 0.0498. The number of carbonyl (C=O) groups excluding carboxylic acids is 2. The van der Waals surface area contributed by atoms with Gasteiger partial charge in [0, 0.05) is 25.7 Å². The molecule has 0 radical (unpaired) electrons. The molecule has 2 heterocycles. The van der Waals surface area contributed by atoms with Crippen LogP contribution in [0.1, 0.15) is 50.5 Å². The van der Waals surface area contributed by atoms with Gasteiger partial charge >= 0.3 is 6.03 Å². The lowest BCUT2D eigenvalue weighted by Gasteiger charge is -2.36. The summed E-state index contributed by atoms with van der Waals surface area (Å²) in [6.07, 6.45) is 5.97. The molecule has 3 aliphatic rings. The van der Waals surface area contributed by atoms with Crippen molar-refractivity contribution in [3.63, 3.8) is 0 Å². The van der Waals surface area contributed by atoms with Crippen LogP contribution in [0, 0.1) is 11.6 Å². The summed E-state index contributed by atoms with van der Waals surface area (Å²) in [5.74, 6) is -1.72. The highest BCUT2D eigenvalue weighted by atomic mass is 19.2. The molecule has 27 heavy (non-hydrogen) atoms. The molecule has 1 aromatic rings. The van der Waals surface area contributed by atoms with Gasteiger partial charge in [-0.15, -0.1) is 0 Å². The fraction of sp³-hybridized carbons (Fsp3) is 0.600. The average Bonchev–Trinajstić information content (AvgIpc) is 2.89. The van der Waals surface area contributed by atoms with Gasteiger partial charge < -0.3 is 5.32 Å². The molecule has 1 spiro atoms. The van der Waals surface area contributed by atoms with Crippen molar-refractivity contribution < 1.29 is 18.4 Å². The zero-order valence-corrected chi connectivity index (χ0v) is 15.3. The topological polar surface area (TPSA) is 52.7 Å². The molecule has 1 saturated carbocycles. The van der Waals surface area contributed by atoms with Crippen molar-refractivity contribution in [1.29, 1.82) is 0 Å². The first-order valence-electron chi connectivity index (χ1n) is 9.81. The standard InChI is InChI=1S/C20H25F2N3O2/c21-16-5-4-14(12-17(16)22)13-24-10-6-15(7-11-24)25-18(26)20(23-19(25)27)8-2-1-3-9-20/h4-5,12,15H,1-3,6-11,13H2,(H,23,27). The molecular weight excluding hydrogens is 352 g/mol. The second-order valence-electron chi connectivity index (χ2n) is 8.00. The fourth-order valence-corrected chi connectivity index (χ4v) is 4.70. The van der Waals surface area contributed by atoms with E-state index in [-0.39, 0.29) is 18.0 Å². The zero-order valence-electron chi connectivity index (χ0n) is 15.3. The quantitative estimate of drug-likeness (QED) is 0.823. The summed E-state index contributed by atoms with van der Waals surface area (Å²) in [5, 5.41) is 2.98. The highest BCUT2D eigenvalue weighted by Crippen LogP contribution is 2.35. The van der Waals surface area contributed by atoms with E-state index in [1.165, 1.54) is 11.0 Å². The number of urea groups is 1. The van der Waals surface area contributed by atoms with Crippen molar-refractivity contribution in [3.05, 3.63) is 35.4 Å². The first-order chi connectivity index (χ1) is 13.0. The molecule has 0 bridgehead atoms. The number of nitrogens with one attached hydrogen (secondary N) is 1. The Kier molecular flexibility index (Phi) is 4.88. The lowest BCUT2D eigenvalue weighted by molar-refractivity contribution is -0.134. The maximum atomic E-state index is 13.4.